The maximum Gasteiger partial charge on any atom is 0.191 e. The van der Waals surface area contributed by atoms with Crippen molar-refractivity contribution in [3.63, 3.8) is 0 Å². The Morgan fingerprint density at radius 1 is 1.00 bits per heavy atom. The van der Waals surface area contributed by atoms with Crippen LogP contribution >= 0.6 is 0 Å². The molecule has 0 saturated carbocycles. The molecule has 1 unspecified atom stereocenters. The molecule has 2 aromatic rings. The van der Waals surface area contributed by atoms with E-state index < -0.39 is 0 Å². The molecule has 5 nitrogen and oxygen atoms in total. The van der Waals surface area contributed by atoms with E-state index in [0.717, 1.165) is 45.1 Å². The predicted molar refractivity (Wildman–Crippen MR) is 115 cm³/mol. The summed E-state index contributed by atoms with van der Waals surface area (Å²) in [4.78, 5) is 4.39. The average molecular weight is 381 g/mol. The van der Waals surface area contributed by atoms with E-state index in [1.807, 2.05) is 13.1 Å². The number of nitrogens with one attached hydrogen (secondary N) is 3. The molecule has 0 aromatic heterocycles. The van der Waals surface area contributed by atoms with Crippen LogP contribution in [0.4, 0.5) is 0 Å². The van der Waals surface area contributed by atoms with Crippen molar-refractivity contribution >= 4 is 5.96 Å². The Labute approximate surface area is 168 Å². The van der Waals surface area contributed by atoms with Crippen molar-refractivity contribution in [3.05, 3.63) is 71.8 Å². The molecule has 1 aliphatic rings. The molecule has 0 aliphatic carbocycles. The van der Waals surface area contributed by atoms with Crippen molar-refractivity contribution in [1.29, 1.82) is 0 Å². The molecule has 0 amide bonds. The summed E-state index contributed by atoms with van der Waals surface area (Å²) in [7, 11) is 1.82. The molecule has 1 heterocycles. The molecular formula is C23H32N4O. The van der Waals surface area contributed by atoms with Crippen molar-refractivity contribution < 1.29 is 4.74 Å². The van der Waals surface area contributed by atoms with E-state index in [9.17, 15) is 0 Å². The Kier molecular flexibility index (Phi) is 7.46. The van der Waals surface area contributed by atoms with Crippen molar-refractivity contribution in [3.8, 4) is 0 Å². The second-order valence-corrected chi connectivity index (χ2v) is 7.43. The molecule has 1 saturated heterocycles. The lowest BCUT2D eigenvalue weighted by molar-refractivity contribution is 0.0355. The summed E-state index contributed by atoms with van der Waals surface area (Å²) in [6.07, 6.45) is 1.96. The van der Waals surface area contributed by atoms with E-state index in [1.54, 1.807) is 0 Å². The number of ether oxygens (including phenoxy) is 1. The van der Waals surface area contributed by atoms with Crippen LogP contribution in [0.2, 0.25) is 0 Å². The molecule has 5 heteroatoms. The number of benzene rings is 2. The van der Waals surface area contributed by atoms with Gasteiger partial charge in [0.15, 0.2) is 5.96 Å². The van der Waals surface area contributed by atoms with Gasteiger partial charge in [-0.3, -0.25) is 4.99 Å². The number of hydrogen-bond donors (Lipinski definition) is 3. The Balaban J connectivity index is 1.59. The molecule has 1 aliphatic heterocycles. The van der Waals surface area contributed by atoms with E-state index in [0.29, 0.717) is 0 Å². The smallest absolute Gasteiger partial charge is 0.191 e. The minimum atomic E-state index is -0.0160. The zero-order valence-electron chi connectivity index (χ0n) is 16.9. The Morgan fingerprint density at radius 3 is 2.29 bits per heavy atom. The average Bonchev–Trinajstić information content (AvgIpc) is 2.76. The lowest BCUT2D eigenvalue weighted by atomic mass is 9.88. The maximum absolute atomic E-state index is 5.64. The number of rotatable bonds is 7. The molecule has 1 fully saturated rings. The van der Waals surface area contributed by atoms with Crippen LogP contribution in [0.3, 0.4) is 0 Å². The first-order valence-electron chi connectivity index (χ1n) is 10.1. The van der Waals surface area contributed by atoms with Gasteiger partial charge in [-0.25, -0.2) is 0 Å². The number of aliphatic imine (C=N–C) groups is 1. The molecule has 2 aromatic carbocycles. The first kappa shape index (κ1) is 20.4. The van der Waals surface area contributed by atoms with Gasteiger partial charge in [-0.1, -0.05) is 60.7 Å². The van der Waals surface area contributed by atoms with Gasteiger partial charge >= 0.3 is 0 Å². The van der Waals surface area contributed by atoms with Crippen LogP contribution in [0.1, 0.15) is 36.9 Å². The molecule has 0 radical (unpaired) electrons. The summed E-state index contributed by atoms with van der Waals surface area (Å²) >= 11 is 0. The third-order valence-electron chi connectivity index (χ3n) is 5.39. The standard InChI is InChI=1S/C23H32N4O/c1-19(21-11-7-4-8-12-21)27-23(13-15-28-16-14-23)18-26-22(24-2)25-17-20-9-5-3-6-10-20/h3-12,19,27H,13-18H2,1-2H3,(H2,24,25,26). The van der Waals surface area contributed by atoms with Gasteiger partial charge in [-0.2, -0.15) is 0 Å². The van der Waals surface area contributed by atoms with E-state index in [-0.39, 0.29) is 11.6 Å². The largest absolute Gasteiger partial charge is 0.381 e. The quantitative estimate of drug-likeness (QED) is 0.510. The molecule has 3 N–H and O–H groups in total. The third-order valence-corrected chi connectivity index (χ3v) is 5.39. The van der Waals surface area contributed by atoms with Crippen molar-refractivity contribution in [1.82, 2.24) is 16.0 Å². The number of guanidine groups is 1. The SMILES string of the molecule is CN=C(NCc1ccccc1)NCC1(NC(C)c2ccccc2)CCOCC1. The zero-order chi connectivity index (χ0) is 19.7. The van der Waals surface area contributed by atoms with Crippen LogP contribution < -0.4 is 16.0 Å². The van der Waals surface area contributed by atoms with Gasteiger partial charge in [-0.05, 0) is 30.9 Å². The van der Waals surface area contributed by atoms with Crippen LogP contribution in [-0.2, 0) is 11.3 Å². The van der Waals surface area contributed by atoms with E-state index >= 15 is 0 Å². The van der Waals surface area contributed by atoms with E-state index in [2.05, 4.69) is 82.5 Å². The normalized spacial score (nSPS) is 17.7. The molecule has 28 heavy (non-hydrogen) atoms. The summed E-state index contributed by atoms with van der Waals surface area (Å²) in [6.45, 7) is 5.36. The van der Waals surface area contributed by atoms with Crippen LogP contribution in [0.15, 0.2) is 65.7 Å². The topological polar surface area (TPSA) is 57.7 Å². The Bertz CT molecular complexity index is 727. The molecule has 0 bridgehead atoms. The Hall–Kier alpha value is -2.37. The van der Waals surface area contributed by atoms with Crippen molar-refractivity contribution in [2.75, 3.05) is 26.8 Å². The molecule has 0 spiro atoms. The highest BCUT2D eigenvalue weighted by atomic mass is 16.5. The number of hydrogen-bond acceptors (Lipinski definition) is 3. The van der Waals surface area contributed by atoms with Crippen LogP contribution in [0.25, 0.3) is 0 Å². The van der Waals surface area contributed by atoms with E-state index in [4.69, 9.17) is 4.74 Å². The molecule has 150 valence electrons. The minimum absolute atomic E-state index is 0.0160. The fourth-order valence-electron chi connectivity index (χ4n) is 3.67. The van der Waals surface area contributed by atoms with Gasteiger partial charge in [0.2, 0.25) is 0 Å². The first-order valence-corrected chi connectivity index (χ1v) is 10.1. The van der Waals surface area contributed by atoms with Gasteiger partial charge in [0.25, 0.3) is 0 Å². The second kappa shape index (κ2) is 10.2. The lowest BCUT2D eigenvalue weighted by Gasteiger charge is -2.41. The second-order valence-electron chi connectivity index (χ2n) is 7.43. The van der Waals surface area contributed by atoms with Crippen LogP contribution in [-0.4, -0.2) is 38.3 Å². The number of nitrogens with zero attached hydrogens (tertiary/aromatic N) is 1. The summed E-state index contributed by atoms with van der Waals surface area (Å²) in [5.74, 6) is 0.823. The summed E-state index contributed by atoms with van der Waals surface area (Å²) in [6, 6.07) is 21.3. The summed E-state index contributed by atoms with van der Waals surface area (Å²) in [5, 5.41) is 10.8. The summed E-state index contributed by atoms with van der Waals surface area (Å²) < 4.78 is 5.64. The monoisotopic (exact) mass is 380 g/mol. The lowest BCUT2D eigenvalue weighted by Crippen LogP contribution is -2.58. The zero-order valence-corrected chi connectivity index (χ0v) is 16.9. The van der Waals surface area contributed by atoms with Crippen molar-refractivity contribution in [2.24, 2.45) is 4.99 Å². The third kappa shape index (κ3) is 5.81. The Morgan fingerprint density at radius 2 is 1.64 bits per heavy atom. The first-order chi connectivity index (χ1) is 13.7. The highest BCUT2D eigenvalue weighted by molar-refractivity contribution is 5.79. The highest BCUT2D eigenvalue weighted by Gasteiger charge is 2.34. The minimum Gasteiger partial charge on any atom is -0.381 e. The van der Waals surface area contributed by atoms with Crippen molar-refractivity contribution in [2.45, 2.75) is 37.9 Å². The molecule has 3 rings (SSSR count). The molecular weight excluding hydrogens is 348 g/mol. The van der Waals surface area contributed by atoms with Gasteiger partial charge in [0.05, 0.1) is 0 Å². The van der Waals surface area contributed by atoms with Gasteiger partial charge < -0.3 is 20.7 Å². The van der Waals surface area contributed by atoms with Crippen LogP contribution in [0.5, 0.6) is 0 Å². The van der Waals surface area contributed by atoms with Gasteiger partial charge in [0.1, 0.15) is 0 Å². The highest BCUT2D eigenvalue weighted by Crippen LogP contribution is 2.25. The summed E-state index contributed by atoms with van der Waals surface area (Å²) in [5.41, 5.74) is 2.53. The van der Waals surface area contributed by atoms with Gasteiger partial charge in [0, 0.05) is 44.9 Å². The molecule has 1 atom stereocenters. The maximum atomic E-state index is 5.64. The predicted octanol–water partition coefficient (Wildman–Crippen LogP) is 3.25. The van der Waals surface area contributed by atoms with Gasteiger partial charge in [-0.15, -0.1) is 0 Å². The van der Waals surface area contributed by atoms with Crippen LogP contribution in [0, 0.1) is 0 Å². The van der Waals surface area contributed by atoms with E-state index in [1.165, 1.54) is 11.1 Å². The fourth-order valence-corrected chi connectivity index (χ4v) is 3.67. The fraction of sp³-hybridized carbons (Fsp3) is 0.435.